The van der Waals surface area contributed by atoms with Gasteiger partial charge in [-0.25, -0.2) is 4.98 Å². The summed E-state index contributed by atoms with van der Waals surface area (Å²) in [5.41, 5.74) is 1.93. The maximum Gasteiger partial charge on any atom is 0.316 e. The van der Waals surface area contributed by atoms with Gasteiger partial charge >= 0.3 is 5.97 Å². The van der Waals surface area contributed by atoms with Crippen LogP contribution in [0.2, 0.25) is 0 Å². The quantitative estimate of drug-likeness (QED) is 0.332. The number of carbonyl (C=O) groups is 1. The van der Waals surface area contributed by atoms with Gasteiger partial charge in [0, 0.05) is 12.1 Å². The predicted octanol–water partition coefficient (Wildman–Crippen LogP) is 4.41. The number of carbonyl (C=O) groups excluding carboxylic acids is 1. The minimum absolute atomic E-state index is 0.178. The van der Waals surface area contributed by atoms with Crippen LogP contribution in [0.3, 0.4) is 0 Å². The van der Waals surface area contributed by atoms with Gasteiger partial charge in [-0.2, -0.15) is 0 Å². The summed E-state index contributed by atoms with van der Waals surface area (Å²) in [6, 6.07) is 17.8. The monoisotopic (exact) mass is 410 g/mol. The summed E-state index contributed by atoms with van der Waals surface area (Å²) in [6.07, 6.45) is 0. The summed E-state index contributed by atoms with van der Waals surface area (Å²) in [6.45, 7) is 2.94. The highest BCUT2D eigenvalue weighted by atomic mass is 32.2. The Bertz CT molecular complexity index is 1060. The van der Waals surface area contributed by atoms with Crippen molar-refractivity contribution in [3.63, 3.8) is 0 Å². The maximum absolute atomic E-state index is 12.2. The molecule has 4 aromatic rings. The molecule has 28 heavy (non-hydrogen) atoms. The van der Waals surface area contributed by atoms with Gasteiger partial charge in [0.2, 0.25) is 0 Å². The molecule has 0 aliphatic carbocycles. The molecule has 0 radical (unpaired) electrons. The molecular formula is C20H18N4O2S2. The van der Waals surface area contributed by atoms with Crippen LogP contribution in [0, 0.1) is 0 Å². The molecule has 0 fully saturated rings. The number of para-hydroxylation sites is 1. The Labute approximate surface area is 170 Å². The molecule has 0 N–H and O–H groups in total. The Morgan fingerprint density at radius 1 is 1.11 bits per heavy atom. The highest BCUT2D eigenvalue weighted by Crippen LogP contribution is 2.25. The molecule has 8 heteroatoms. The fourth-order valence-electron chi connectivity index (χ4n) is 2.77. The first-order valence-electron chi connectivity index (χ1n) is 8.86. The van der Waals surface area contributed by atoms with Crippen LogP contribution in [0.25, 0.3) is 21.6 Å². The molecule has 0 aliphatic rings. The first-order chi connectivity index (χ1) is 13.7. The molecule has 0 bridgehead atoms. The molecule has 2 heterocycles. The fraction of sp³-hybridized carbons (Fsp3) is 0.200. The van der Waals surface area contributed by atoms with Crippen LogP contribution < -0.4 is 0 Å². The molecule has 0 atom stereocenters. The summed E-state index contributed by atoms with van der Waals surface area (Å²) in [4.78, 5) is 16.6. The summed E-state index contributed by atoms with van der Waals surface area (Å²) < 4.78 is 8.47. The summed E-state index contributed by atoms with van der Waals surface area (Å²) >= 11 is 2.87. The number of thioether (sulfide) groups is 1. The van der Waals surface area contributed by atoms with Crippen LogP contribution in [-0.2, 0) is 22.7 Å². The Balaban J connectivity index is 1.36. The lowest BCUT2D eigenvalue weighted by atomic mass is 10.2. The van der Waals surface area contributed by atoms with E-state index in [1.54, 1.807) is 0 Å². The lowest BCUT2D eigenvalue weighted by Crippen LogP contribution is -2.08. The first kappa shape index (κ1) is 18.6. The van der Waals surface area contributed by atoms with Crippen LogP contribution in [0.15, 0.2) is 59.8 Å². The zero-order chi connectivity index (χ0) is 19.3. The minimum Gasteiger partial charge on any atom is -0.458 e. The highest BCUT2D eigenvalue weighted by Gasteiger charge is 2.15. The van der Waals surface area contributed by atoms with E-state index in [9.17, 15) is 4.79 Å². The number of esters is 1. The number of ether oxygens (including phenoxy) is 1. The van der Waals surface area contributed by atoms with Crippen LogP contribution in [0.5, 0.6) is 0 Å². The molecular weight excluding hydrogens is 392 g/mol. The average Bonchev–Trinajstić information content (AvgIpc) is 3.34. The average molecular weight is 411 g/mol. The highest BCUT2D eigenvalue weighted by molar-refractivity contribution is 7.99. The van der Waals surface area contributed by atoms with E-state index in [0.29, 0.717) is 5.16 Å². The van der Waals surface area contributed by atoms with Gasteiger partial charge in [-0.05, 0) is 19.1 Å². The van der Waals surface area contributed by atoms with Crippen LogP contribution >= 0.6 is 23.1 Å². The van der Waals surface area contributed by atoms with E-state index >= 15 is 0 Å². The molecule has 0 spiro atoms. The molecule has 0 unspecified atom stereocenters. The van der Waals surface area contributed by atoms with E-state index in [4.69, 9.17) is 4.74 Å². The SMILES string of the molecule is CCn1c(SCC(=O)OCc2nc3ccccc3s2)nnc1-c1ccccc1. The number of nitrogens with zero attached hydrogens (tertiary/aromatic N) is 4. The normalized spacial score (nSPS) is 11.0. The third-order valence-electron chi connectivity index (χ3n) is 4.08. The Hall–Kier alpha value is -2.71. The first-order valence-corrected chi connectivity index (χ1v) is 10.7. The van der Waals surface area contributed by atoms with Gasteiger partial charge in [-0.3, -0.25) is 4.79 Å². The van der Waals surface area contributed by atoms with Crippen LogP contribution in [0.4, 0.5) is 0 Å². The number of rotatable bonds is 7. The Morgan fingerprint density at radius 3 is 2.68 bits per heavy atom. The summed E-state index contributed by atoms with van der Waals surface area (Å²) in [7, 11) is 0. The van der Waals surface area contributed by atoms with Crippen molar-refractivity contribution in [2.45, 2.75) is 25.2 Å². The van der Waals surface area contributed by atoms with Crippen molar-refractivity contribution in [3.8, 4) is 11.4 Å². The van der Waals surface area contributed by atoms with Crippen LogP contribution in [0.1, 0.15) is 11.9 Å². The predicted molar refractivity (Wildman–Crippen MR) is 111 cm³/mol. The van der Waals surface area contributed by atoms with Gasteiger partial charge in [0.25, 0.3) is 0 Å². The lowest BCUT2D eigenvalue weighted by molar-refractivity contribution is -0.141. The number of aromatic nitrogens is 4. The number of thiazole rings is 1. The molecule has 0 saturated heterocycles. The van der Waals surface area contributed by atoms with Gasteiger partial charge in [0.1, 0.15) is 11.6 Å². The largest absolute Gasteiger partial charge is 0.458 e. The van der Waals surface area contributed by atoms with Crippen molar-refractivity contribution in [1.29, 1.82) is 0 Å². The Kier molecular flexibility index (Phi) is 5.68. The molecule has 0 amide bonds. The minimum atomic E-state index is -0.295. The van der Waals surface area contributed by atoms with E-state index in [-0.39, 0.29) is 18.3 Å². The third-order valence-corrected chi connectivity index (χ3v) is 6.03. The van der Waals surface area contributed by atoms with Gasteiger partial charge in [0.05, 0.1) is 16.0 Å². The standard InChI is InChI=1S/C20H18N4O2S2/c1-2-24-19(14-8-4-3-5-9-14)22-23-20(24)27-13-18(25)26-12-17-21-15-10-6-7-11-16(15)28-17/h3-11H,2,12-13H2,1H3. The molecule has 2 aromatic carbocycles. The smallest absolute Gasteiger partial charge is 0.316 e. The molecule has 6 nitrogen and oxygen atoms in total. The molecule has 4 rings (SSSR count). The van der Waals surface area contributed by atoms with Crippen molar-refractivity contribution in [3.05, 3.63) is 59.6 Å². The van der Waals surface area contributed by atoms with E-state index in [2.05, 4.69) is 15.2 Å². The van der Waals surface area contributed by atoms with Gasteiger partial charge in [-0.15, -0.1) is 21.5 Å². The van der Waals surface area contributed by atoms with Crippen molar-refractivity contribution in [2.75, 3.05) is 5.75 Å². The van der Waals surface area contributed by atoms with E-state index in [1.807, 2.05) is 66.1 Å². The van der Waals surface area contributed by atoms with E-state index in [0.717, 1.165) is 33.2 Å². The zero-order valence-electron chi connectivity index (χ0n) is 15.2. The number of hydrogen-bond acceptors (Lipinski definition) is 7. The third kappa shape index (κ3) is 4.07. The lowest BCUT2D eigenvalue weighted by Gasteiger charge is -2.07. The van der Waals surface area contributed by atoms with Crippen molar-refractivity contribution in [1.82, 2.24) is 19.7 Å². The van der Waals surface area contributed by atoms with Crippen molar-refractivity contribution < 1.29 is 9.53 Å². The second-order valence-electron chi connectivity index (χ2n) is 5.94. The van der Waals surface area contributed by atoms with Gasteiger partial charge in [-0.1, -0.05) is 54.2 Å². The number of benzene rings is 2. The second-order valence-corrected chi connectivity index (χ2v) is 8.00. The molecule has 0 saturated carbocycles. The van der Waals surface area contributed by atoms with Crippen LogP contribution in [-0.4, -0.2) is 31.5 Å². The second kappa shape index (κ2) is 8.53. The number of hydrogen-bond donors (Lipinski definition) is 0. The number of fused-ring (bicyclic) bond motifs is 1. The molecule has 2 aromatic heterocycles. The zero-order valence-corrected chi connectivity index (χ0v) is 16.9. The van der Waals surface area contributed by atoms with Crippen molar-refractivity contribution in [2.24, 2.45) is 0 Å². The van der Waals surface area contributed by atoms with E-state index in [1.165, 1.54) is 23.1 Å². The van der Waals surface area contributed by atoms with Gasteiger partial charge in [0.15, 0.2) is 11.0 Å². The van der Waals surface area contributed by atoms with Gasteiger partial charge < -0.3 is 9.30 Å². The Morgan fingerprint density at radius 2 is 1.89 bits per heavy atom. The fourth-order valence-corrected chi connectivity index (χ4v) is 4.45. The molecule has 0 aliphatic heterocycles. The van der Waals surface area contributed by atoms with E-state index < -0.39 is 0 Å². The van der Waals surface area contributed by atoms with Crippen molar-refractivity contribution >= 4 is 39.3 Å². The summed E-state index contributed by atoms with van der Waals surface area (Å²) in [5, 5.41) is 10.0. The topological polar surface area (TPSA) is 69.9 Å². The molecule has 142 valence electrons. The summed E-state index contributed by atoms with van der Waals surface area (Å²) in [5.74, 6) is 0.683. The maximum atomic E-state index is 12.2.